The fraction of sp³-hybridized carbons (Fsp3) is 0.200. The van der Waals surface area contributed by atoms with E-state index in [0.717, 1.165) is 17.8 Å². The number of para-hydroxylation sites is 1. The maximum absolute atomic E-state index is 5.35. The maximum atomic E-state index is 5.35. The Morgan fingerprint density at radius 3 is 2.83 bits per heavy atom. The summed E-state index contributed by atoms with van der Waals surface area (Å²) in [4.78, 5) is 0. The van der Waals surface area contributed by atoms with Crippen LogP contribution in [0.4, 0.5) is 5.69 Å². The van der Waals surface area contributed by atoms with Crippen LogP contribution in [0.1, 0.15) is 5.56 Å². The van der Waals surface area contributed by atoms with Gasteiger partial charge in [-0.15, -0.1) is 6.42 Å². The molecule has 0 aromatic heterocycles. The van der Waals surface area contributed by atoms with Gasteiger partial charge in [-0.2, -0.15) is 0 Å². The zero-order valence-corrected chi connectivity index (χ0v) is 6.88. The first-order valence-electron chi connectivity index (χ1n) is 3.88. The first kappa shape index (κ1) is 8.63. The number of nitrogens with two attached hydrogens (primary N) is 1. The third-order valence-electron chi connectivity index (χ3n) is 1.54. The van der Waals surface area contributed by atoms with E-state index in [1.807, 2.05) is 24.3 Å². The molecule has 0 amide bonds. The van der Waals surface area contributed by atoms with E-state index in [2.05, 4.69) is 11.2 Å². The second kappa shape index (κ2) is 4.42. The molecule has 0 aliphatic carbocycles. The van der Waals surface area contributed by atoms with Gasteiger partial charge in [0.2, 0.25) is 0 Å². The van der Waals surface area contributed by atoms with Crippen molar-refractivity contribution in [1.29, 1.82) is 0 Å². The lowest BCUT2D eigenvalue weighted by Crippen LogP contribution is -2.13. The summed E-state index contributed by atoms with van der Waals surface area (Å²) in [5, 5.41) is 3.15. The summed E-state index contributed by atoms with van der Waals surface area (Å²) in [6.07, 6.45) is 5.30. The average Bonchev–Trinajstić information content (AvgIpc) is 2.15. The van der Waals surface area contributed by atoms with E-state index < -0.39 is 0 Å². The summed E-state index contributed by atoms with van der Waals surface area (Å²) in [6.45, 7) is 1.36. The molecule has 12 heavy (non-hydrogen) atoms. The van der Waals surface area contributed by atoms with Gasteiger partial charge in [-0.05, 0) is 12.1 Å². The highest BCUT2D eigenvalue weighted by Gasteiger charge is 1.95. The van der Waals surface area contributed by atoms with Crippen LogP contribution in [-0.4, -0.2) is 13.1 Å². The fourth-order valence-corrected chi connectivity index (χ4v) is 0.970. The number of hydrogen-bond donors (Lipinski definition) is 2. The Balaban J connectivity index is 2.77. The van der Waals surface area contributed by atoms with Gasteiger partial charge in [-0.3, -0.25) is 0 Å². The molecule has 2 nitrogen and oxygen atoms in total. The molecule has 2 heteroatoms. The van der Waals surface area contributed by atoms with Crippen molar-refractivity contribution in [3.8, 4) is 12.3 Å². The van der Waals surface area contributed by atoms with Crippen molar-refractivity contribution in [3.63, 3.8) is 0 Å². The molecule has 0 bridgehead atoms. The van der Waals surface area contributed by atoms with Gasteiger partial charge in [0.15, 0.2) is 0 Å². The lowest BCUT2D eigenvalue weighted by Gasteiger charge is -2.05. The van der Waals surface area contributed by atoms with E-state index in [-0.39, 0.29) is 0 Å². The molecule has 1 rings (SSSR count). The number of rotatable bonds is 3. The van der Waals surface area contributed by atoms with Crippen LogP contribution in [0, 0.1) is 12.3 Å². The summed E-state index contributed by atoms with van der Waals surface area (Å²) in [7, 11) is 0. The molecule has 0 atom stereocenters. The topological polar surface area (TPSA) is 38.0 Å². The normalized spacial score (nSPS) is 9.00. The predicted octanol–water partition coefficient (Wildman–Crippen LogP) is 1.04. The van der Waals surface area contributed by atoms with Crippen molar-refractivity contribution < 1.29 is 0 Å². The standard InChI is InChI=1S/C10H12N2/c1-2-9-5-3-4-6-10(9)12-8-7-11/h1,3-6,12H,7-8,11H2. The molecule has 1 aromatic carbocycles. The Labute approximate surface area is 72.8 Å². The molecule has 0 unspecified atom stereocenters. The smallest absolute Gasteiger partial charge is 0.0499 e. The van der Waals surface area contributed by atoms with E-state index in [1.165, 1.54) is 0 Å². The van der Waals surface area contributed by atoms with E-state index >= 15 is 0 Å². The van der Waals surface area contributed by atoms with Gasteiger partial charge in [0.25, 0.3) is 0 Å². The van der Waals surface area contributed by atoms with Gasteiger partial charge >= 0.3 is 0 Å². The lowest BCUT2D eigenvalue weighted by molar-refractivity contribution is 1.02. The summed E-state index contributed by atoms with van der Waals surface area (Å²) < 4.78 is 0. The molecule has 0 heterocycles. The highest BCUT2D eigenvalue weighted by molar-refractivity contribution is 5.58. The van der Waals surface area contributed by atoms with Crippen molar-refractivity contribution in [1.82, 2.24) is 0 Å². The summed E-state index contributed by atoms with van der Waals surface area (Å²) in [5.74, 6) is 2.60. The largest absolute Gasteiger partial charge is 0.383 e. The first-order valence-corrected chi connectivity index (χ1v) is 3.88. The van der Waals surface area contributed by atoms with Crippen molar-refractivity contribution >= 4 is 5.69 Å². The van der Waals surface area contributed by atoms with E-state index in [9.17, 15) is 0 Å². The molecule has 1 aromatic rings. The highest BCUT2D eigenvalue weighted by atomic mass is 14.9. The monoisotopic (exact) mass is 160 g/mol. The molecule has 62 valence electrons. The zero-order valence-electron chi connectivity index (χ0n) is 6.88. The molecule has 0 aliphatic rings. The molecular formula is C10H12N2. The molecular weight excluding hydrogens is 148 g/mol. The minimum absolute atomic E-state index is 0.610. The van der Waals surface area contributed by atoms with Crippen LogP contribution >= 0.6 is 0 Å². The predicted molar refractivity (Wildman–Crippen MR) is 51.9 cm³/mol. The Morgan fingerprint density at radius 1 is 1.42 bits per heavy atom. The van der Waals surface area contributed by atoms with Gasteiger partial charge in [0, 0.05) is 24.3 Å². The molecule has 3 N–H and O–H groups in total. The molecule has 0 spiro atoms. The van der Waals surface area contributed by atoms with Crippen LogP contribution in [-0.2, 0) is 0 Å². The minimum Gasteiger partial charge on any atom is -0.383 e. The number of nitrogens with one attached hydrogen (secondary N) is 1. The zero-order chi connectivity index (χ0) is 8.81. The lowest BCUT2D eigenvalue weighted by atomic mass is 10.2. The van der Waals surface area contributed by atoms with E-state index in [1.54, 1.807) is 0 Å². The molecule has 0 fully saturated rings. The average molecular weight is 160 g/mol. The summed E-state index contributed by atoms with van der Waals surface area (Å²) in [6, 6.07) is 7.71. The second-order valence-electron chi connectivity index (χ2n) is 2.41. The quantitative estimate of drug-likeness (QED) is 0.648. The van der Waals surface area contributed by atoms with Crippen LogP contribution in [0.15, 0.2) is 24.3 Å². The van der Waals surface area contributed by atoms with Crippen LogP contribution in [0.5, 0.6) is 0 Å². The molecule has 0 radical (unpaired) electrons. The number of hydrogen-bond acceptors (Lipinski definition) is 2. The molecule has 0 aliphatic heterocycles. The Hall–Kier alpha value is -1.46. The second-order valence-corrected chi connectivity index (χ2v) is 2.41. The fourth-order valence-electron chi connectivity index (χ4n) is 0.970. The minimum atomic E-state index is 0.610. The summed E-state index contributed by atoms with van der Waals surface area (Å²) >= 11 is 0. The number of anilines is 1. The Bertz CT molecular complexity index is 286. The van der Waals surface area contributed by atoms with Crippen LogP contribution in [0.2, 0.25) is 0 Å². The van der Waals surface area contributed by atoms with Crippen LogP contribution < -0.4 is 11.1 Å². The Morgan fingerprint density at radius 2 is 2.17 bits per heavy atom. The van der Waals surface area contributed by atoms with Gasteiger partial charge in [-0.25, -0.2) is 0 Å². The van der Waals surface area contributed by atoms with Crippen molar-refractivity contribution in [2.75, 3.05) is 18.4 Å². The van der Waals surface area contributed by atoms with Crippen molar-refractivity contribution in [3.05, 3.63) is 29.8 Å². The van der Waals surface area contributed by atoms with Crippen molar-refractivity contribution in [2.45, 2.75) is 0 Å². The van der Waals surface area contributed by atoms with Crippen LogP contribution in [0.25, 0.3) is 0 Å². The first-order chi connectivity index (χ1) is 5.88. The van der Waals surface area contributed by atoms with Crippen molar-refractivity contribution in [2.24, 2.45) is 5.73 Å². The SMILES string of the molecule is C#Cc1ccccc1NCCN. The summed E-state index contributed by atoms with van der Waals surface area (Å²) in [5.41, 5.74) is 7.21. The Kier molecular flexibility index (Phi) is 3.18. The van der Waals surface area contributed by atoms with Gasteiger partial charge in [0.1, 0.15) is 0 Å². The number of terminal acetylenes is 1. The highest BCUT2D eigenvalue weighted by Crippen LogP contribution is 2.12. The van der Waals surface area contributed by atoms with Gasteiger partial charge in [0.05, 0.1) is 0 Å². The third-order valence-corrected chi connectivity index (χ3v) is 1.54. The number of benzene rings is 1. The van der Waals surface area contributed by atoms with E-state index in [4.69, 9.17) is 12.2 Å². The molecule has 0 saturated carbocycles. The van der Waals surface area contributed by atoms with Gasteiger partial charge < -0.3 is 11.1 Å². The maximum Gasteiger partial charge on any atom is 0.0499 e. The van der Waals surface area contributed by atoms with E-state index in [0.29, 0.717) is 6.54 Å². The molecule has 0 saturated heterocycles. The third kappa shape index (κ3) is 2.01. The van der Waals surface area contributed by atoms with Crippen LogP contribution in [0.3, 0.4) is 0 Å². The van der Waals surface area contributed by atoms with Gasteiger partial charge in [-0.1, -0.05) is 18.1 Å².